The van der Waals surface area contributed by atoms with Crippen LogP contribution in [0.5, 0.6) is 5.75 Å². The van der Waals surface area contributed by atoms with Crippen molar-refractivity contribution in [3.8, 4) is 5.75 Å². The molecule has 0 radical (unpaired) electrons. The molecule has 1 fully saturated rings. The lowest BCUT2D eigenvalue weighted by molar-refractivity contribution is 0.160. The van der Waals surface area contributed by atoms with Gasteiger partial charge in [-0.05, 0) is 55.5 Å². The van der Waals surface area contributed by atoms with E-state index in [0.29, 0.717) is 17.6 Å². The van der Waals surface area contributed by atoms with Crippen molar-refractivity contribution >= 4 is 0 Å². The van der Waals surface area contributed by atoms with Crippen molar-refractivity contribution in [2.75, 3.05) is 19.6 Å². The molecule has 1 heterocycles. The van der Waals surface area contributed by atoms with Gasteiger partial charge in [-0.3, -0.25) is 0 Å². The molecule has 106 valence electrons. The summed E-state index contributed by atoms with van der Waals surface area (Å²) in [6.45, 7) is 8.26. The van der Waals surface area contributed by atoms with E-state index in [0.717, 1.165) is 0 Å². The van der Waals surface area contributed by atoms with Crippen LogP contribution in [0.3, 0.4) is 0 Å². The molecule has 1 aliphatic heterocycles. The maximum absolute atomic E-state index is 9.61. The molecule has 1 N–H and O–H groups in total. The minimum atomic E-state index is 0.398. The van der Waals surface area contributed by atoms with E-state index in [1.54, 1.807) is 6.07 Å². The average molecular weight is 261 g/mol. The molecule has 1 aromatic rings. The summed E-state index contributed by atoms with van der Waals surface area (Å²) in [5.41, 5.74) is 1.31. The molecule has 1 saturated heterocycles. The summed E-state index contributed by atoms with van der Waals surface area (Å²) in [6, 6.07) is 7.82. The maximum Gasteiger partial charge on any atom is 0.115 e. The molecule has 2 heteroatoms. The second kappa shape index (κ2) is 6.95. The highest BCUT2D eigenvalue weighted by atomic mass is 16.3. The Labute approximate surface area is 117 Å². The lowest BCUT2D eigenvalue weighted by Gasteiger charge is -2.37. The highest BCUT2D eigenvalue weighted by Gasteiger charge is 2.26. The molecule has 2 rings (SSSR count). The van der Waals surface area contributed by atoms with Crippen molar-refractivity contribution in [1.82, 2.24) is 4.90 Å². The van der Waals surface area contributed by atoms with Crippen molar-refractivity contribution in [3.05, 3.63) is 29.8 Å². The van der Waals surface area contributed by atoms with Crippen molar-refractivity contribution in [3.63, 3.8) is 0 Å². The van der Waals surface area contributed by atoms with Gasteiger partial charge < -0.3 is 10.0 Å². The Hall–Kier alpha value is -1.02. The van der Waals surface area contributed by atoms with E-state index in [2.05, 4.69) is 24.8 Å². The monoisotopic (exact) mass is 261 g/mol. The number of hydrogen-bond donors (Lipinski definition) is 1. The molecular formula is C17H27NO. The van der Waals surface area contributed by atoms with Crippen molar-refractivity contribution in [2.45, 2.75) is 45.4 Å². The molecule has 0 aromatic heterocycles. The van der Waals surface area contributed by atoms with Gasteiger partial charge in [0.05, 0.1) is 0 Å². The lowest BCUT2D eigenvalue weighted by atomic mass is 9.81. The highest BCUT2D eigenvalue weighted by Crippen LogP contribution is 2.34. The van der Waals surface area contributed by atoms with Crippen LogP contribution in [0.2, 0.25) is 0 Å². The van der Waals surface area contributed by atoms with Crippen LogP contribution in [0, 0.1) is 5.92 Å². The maximum atomic E-state index is 9.61. The summed E-state index contributed by atoms with van der Waals surface area (Å²) < 4.78 is 0. The Morgan fingerprint density at radius 3 is 2.84 bits per heavy atom. The molecule has 0 saturated carbocycles. The minimum Gasteiger partial charge on any atom is -0.508 e. The average Bonchev–Trinajstić information content (AvgIpc) is 2.39. The Balaban J connectivity index is 1.90. The SMILES string of the molecule is CCCCCN1CCC(c2cccc(O)c2)[C@@H](C)C1. The fraction of sp³-hybridized carbons (Fsp3) is 0.647. The predicted octanol–water partition coefficient (Wildman–Crippen LogP) is 4.01. The lowest BCUT2D eigenvalue weighted by Crippen LogP contribution is -2.38. The number of aromatic hydroxyl groups is 1. The standard InChI is InChI=1S/C17H27NO/c1-3-4-5-10-18-11-9-17(14(2)13-18)15-7-6-8-16(19)12-15/h6-8,12,14,17,19H,3-5,9-11,13H2,1-2H3/t14-,17?/m0/s1. The second-order valence-electron chi connectivity index (χ2n) is 5.98. The zero-order valence-electron chi connectivity index (χ0n) is 12.3. The fourth-order valence-electron chi connectivity index (χ4n) is 3.27. The van der Waals surface area contributed by atoms with Crippen LogP contribution in [0.25, 0.3) is 0 Å². The van der Waals surface area contributed by atoms with E-state index in [1.165, 1.54) is 50.9 Å². The van der Waals surface area contributed by atoms with Crippen molar-refractivity contribution < 1.29 is 5.11 Å². The summed E-state index contributed by atoms with van der Waals surface area (Å²) in [5.74, 6) is 1.68. The zero-order valence-corrected chi connectivity index (χ0v) is 12.3. The number of rotatable bonds is 5. The molecule has 0 bridgehead atoms. The quantitative estimate of drug-likeness (QED) is 0.810. The molecule has 0 amide bonds. The van der Waals surface area contributed by atoms with Crippen molar-refractivity contribution in [1.29, 1.82) is 0 Å². The van der Waals surface area contributed by atoms with Gasteiger partial charge in [0.2, 0.25) is 0 Å². The molecule has 19 heavy (non-hydrogen) atoms. The van der Waals surface area contributed by atoms with Crippen LogP contribution < -0.4 is 0 Å². The van der Waals surface area contributed by atoms with Gasteiger partial charge >= 0.3 is 0 Å². The number of unbranched alkanes of at least 4 members (excludes halogenated alkanes) is 2. The predicted molar refractivity (Wildman–Crippen MR) is 80.6 cm³/mol. The highest BCUT2D eigenvalue weighted by molar-refractivity contribution is 5.30. The third-order valence-corrected chi connectivity index (χ3v) is 4.37. The van der Waals surface area contributed by atoms with Gasteiger partial charge in [-0.15, -0.1) is 0 Å². The van der Waals surface area contributed by atoms with Gasteiger partial charge in [0.15, 0.2) is 0 Å². The van der Waals surface area contributed by atoms with E-state index in [4.69, 9.17) is 0 Å². The summed E-state index contributed by atoms with van der Waals surface area (Å²) in [7, 11) is 0. The van der Waals surface area contributed by atoms with E-state index < -0.39 is 0 Å². The number of phenolic OH excluding ortho intramolecular Hbond substituents is 1. The number of phenols is 1. The second-order valence-corrected chi connectivity index (χ2v) is 5.98. The summed E-state index contributed by atoms with van der Waals surface area (Å²) >= 11 is 0. The Kier molecular flexibility index (Phi) is 5.26. The molecular weight excluding hydrogens is 234 g/mol. The van der Waals surface area contributed by atoms with Crippen molar-refractivity contribution in [2.24, 2.45) is 5.92 Å². The largest absolute Gasteiger partial charge is 0.508 e. The number of likely N-dealkylation sites (tertiary alicyclic amines) is 1. The van der Waals surface area contributed by atoms with Crippen LogP contribution in [-0.2, 0) is 0 Å². The molecule has 1 aliphatic rings. The number of benzene rings is 1. The summed E-state index contributed by atoms with van der Waals surface area (Å²) in [5, 5.41) is 9.61. The molecule has 1 unspecified atom stereocenters. The molecule has 0 spiro atoms. The van der Waals surface area contributed by atoms with Crippen LogP contribution >= 0.6 is 0 Å². The Morgan fingerprint density at radius 2 is 2.16 bits per heavy atom. The first-order valence-corrected chi connectivity index (χ1v) is 7.72. The van der Waals surface area contributed by atoms with Gasteiger partial charge in [0, 0.05) is 6.54 Å². The fourth-order valence-corrected chi connectivity index (χ4v) is 3.27. The number of hydrogen-bond acceptors (Lipinski definition) is 2. The van der Waals surface area contributed by atoms with Gasteiger partial charge in [-0.1, -0.05) is 38.8 Å². The van der Waals surface area contributed by atoms with Crippen LogP contribution in [-0.4, -0.2) is 29.6 Å². The third-order valence-electron chi connectivity index (χ3n) is 4.37. The topological polar surface area (TPSA) is 23.5 Å². The molecule has 1 aromatic carbocycles. The minimum absolute atomic E-state index is 0.398. The van der Waals surface area contributed by atoms with Gasteiger partial charge in [0.25, 0.3) is 0 Å². The van der Waals surface area contributed by atoms with E-state index in [9.17, 15) is 5.11 Å². The molecule has 2 atom stereocenters. The summed E-state index contributed by atoms with van der Waals surface area (Å²) in [4.78, 5) is 2.61. The first-order chi connectivity index (χ1) is 9.20. The zero-order chi connectivity index (χ0) is 13.7. The van der Waals surface area contributed by atoms with E-state index >= 15 is 0 Å². The van der Waals surface area contributed by atoms with Crippen LogP contribution in [0.15, 0.2) is 24.3 Å². The van der Waals surface area contributed by atoms with Gasteiger partial charge in [0.1, 0.15) is 5.75 Å². The van der Waals surface area contributed by atoms with E-state index in [1.807, 2.05) is 12.1 Å². The Morgan fingerprint density at radius 1 is 1.32 bits per heavy atom. The summed E-state index contributed by atoms with van der Waals surface area (Å²) in [6.07, 6.45) is 5.20. The van der Waals surface area contributed by atoms with Gasteiger partial charge in [-0.2, -0.15) is 0 Å². The van der Waals surface area contributed by atoms with Gasteiger partial charge in [-0.25, -0.2) is 0 Å². The first kappa shape index (κ1) is 14.4. The smallest absolute Gasteiger partial charge is 0.115 e. The first-order valence-electron chi connectivity index (χ1n) is 7.72. The van der Waals surface area contributed by atoms with Crippen LogP contribution in [0.1, 0.15) is 51.0 Å². The van der Waals surface area contributed by atoms with E-state index in [-0.39, 0.29) is 0 Å². The number of nitrogens with zero attached hydrogens (tertiary/aromatic N) is 1. The third kappa shape index (κ3) is 3.97. The number of piperidine rings is 1. The molecule has 0 aliphatic carbocycles. The molecule has 2 nitrogen and oxygen atoms in total. The normalized spacial score (nSPS) is 24.5. The van der Waals surface area contributed by atoms with Crippen LogP contribution in [0.4, 0.5) is 0 Å². The Bertz CT molecular complexity index is 391.